The van der Waals surface area contributed by atoms with Crippen molar-refractivity contribution in [2.24, 2.45) is 0 Å². The Morgan fingerprint density at radius 3 is 2.57 bits per heavy atom. The zero-order valence-electron chi connectivity index (χ0n) is 15.4. The van der Waals surface area contributed by atoms with E-state index in [1.807, 2.05) is 49.4 Å². The highest BCUT2D eigenvalue weighted by Gasteiger charge is 2.34. The van der Waals surface area contributed by atoms with E-state index in [2.05, 4.69) is 5.32 Å². The number of hydrogen-bond acceptors (Lipinski definition) is 2. The zero-order valence-corrected chi connectivity index (χ0v) is 15.4. The summed E-state index contributed by atoms with van der Waals surface area (Å²) in [5.41, 5.74) is 3.33. The Labute approximate surface area is 162 Å². The standard InChI is InChI=1S/C23H19FN2O2/c1-15-6-5-9-17(12-15)23(28)26-14-21(27)25-20-11-10-18(24)13-19(20)22(26)16-7-3-2-4-8-16/h2-13,22H,14H2,1H3,(H,25,27). The van der Waals surface area contributed by atoms with Crippen LogP contribution in [0.15, 0.2) is 72.8 Å². The highest BCUT2D eigenvalue weighted by Crippen LogP contribution is 2.36. The molecule has 28 heavy (non-hydrogen) atoms. The number of fused-ring (bicyclic) bond motifs is 1. The number of benzene rings is 3. The summed E-state index contributed by atoms with van der Waals surface area (Å²) >= 11 is 0. The molecule has 1 unspecified atom stereocenters. The van der Waals surface area contributed by atoms with Crippen molar-refractivity contribution in [3.05, 3.63) is 101 Å². The molecule has 4 rings (SSSR count). The van der Waals surface area contributed by atoms with Crippen molar-refractivity contribution in [2.45, 2.75) is 13.0 Å². The number of amides is 2. The molecule has 0 saturated carbocycles. The predicted octanol–water partition coefficient (Wildman–Crippen LogP) is 4.32. The first-order chi connectivity index (χ1) is 13.5. The van der Waals surface area contributed by atoms with E-state index in [-0.39, 0.29) is 18.4 Å². The molecule has 0 aromatic heterocycles. The summed E-state index contributed by atoms with van der Waals surface area (Å²) in [6, 6.07) is 20.3. The first-order valence-corrected chi connectivity index (χ1v) is 9.05. The van der Waals surface area contributed by atoms with E-state index in [9.17, 15) is 14.0 Å². The Hall–Kier alpha value is -3.47. The minimum Gasteiger partial charge on any atom is -0.324 e. The fourth-order valence-corrected chi connectivity index (χ4v) is 3.61. The molecule has 0 aliphatic carbocycles. The minimum absolute atomic E-state index is 0.122. The zero-order chi connectivity index (χ0) is 19.7. The molecule has 1 aliphatic heterocycles. The Morgan fingerprint density at radius 2 is 1.82 bits per heavy atom. The molecule has 1 heterocycles. The van der Waals surface area contributed by atoms with Crippen LogP contribution in [0.25, 0.3) is 0 Å². The van der Waals surface area contributed by atoms with Crippen LogP contribution in [-0.2, 0) is 4.79 Å². The van der Waals surface area contributed by atoms with Crippen LogP contribution >= 0.6 is 0 Å². The summed E-state index contributed by atoms with van der Waals surface area (Å²) in [6.45, 7) is 1.79. The molecule has 1 atom stereocenters. The van der Waals surface area contributed by atoms with Crippen molar-refractivity contribution in [1.29, 1.82) is 0 Å². The van der Waals surface area contributed by atoms with E-state index in [0.29, 0.717) is 16.8 Å². The number of nitrogens with zero attached hydrogens (tertiary/aromatic N) is 1. The molecule has 4 nitrogen and oxygen atoms in total. The summed E-state index contributed by atoms with van der Waals surface area (Å²) in [7, 11) is 0. The van der Waals surface area contributed by atoms with Gasteiger partial charge in [-0.25, -0.2) is 4.39 Å². The van der Waals surface area contributed by atoms with Gasteiger partial charge < -0.3 is 10.2 Å². The first-order valence-electron chi connectivity index (χ1n) is 9.05. The third-order valence-electron chi connectivity index (χ3n) is 4.85. The number of carbonyl (C=O) groups is 2. The summed E-state index contributed by atoms with van der Waals surface area (Å²) in [5, 5.41) is 2.80. The first kappa shape index (κ1) is 17.9. The number of aryl methyl sites for hydroxylation is 1. The SMILES string of the molecule is Cc1cccc(C(=O)N2CC(=O)Nc3ccc(F)cc3C2c2ccccc2)c1. The molecule has 5 heteroatoms. The van der Waals surface area contributed by atoms with Crippen LogP contribution in [0.1, 0.15) is 33.1 Å². The molecule has 3 aromatic rings. The highest BCUT2D eigenvalue weighted by atomic mass is 19.1. The van der Waals surface area contributed by atoms with Crippen LogP contribution < -0.4 is 5.32 Å². The van der Waals surface area contributed by atoms with Crippen molar-refractivity contribution >= 4 is 17.5 Å². The molecule has 0 saturated heterocycles. The lowest BCUT2D eigenvalue weighted by Gasteiger charge is -2.30. The van der Waals surface area contributed by atoms with Crippen molar-refractivity contribution in [3.8, 4) is 0 Å². The van der Waals surface area contributed by atoms with Gasteiger partial charge in [-0.2, -0.15) is 0 Å². The van der Waals surface area contributed by atoms with Crippen LogP contribution in [0.4, 0.5) is 10.1 Å². The quantitative estimate of drug-likeness (QED) is 0.726. The fourth-order valence-electron chi connectivity index (χ4n) is 3.61. The monoisotopic (exact) mass is 374 g/mol. The van der Waals surface area contributed by atoms with Crippen LogP contribution in [0.2, 0.25) is 0 Å². The molecule has 3 aromatic carbocycles. The number of anilines is 1. The smallest absolute Gasteiger partial charge is 0.255 e. The average molecular weight is 374 g/mol. The molecular formula is C23H19FN2O2. The molecule has 0 radical (unpaired) electrons. The van der Waals surface area contributed by atoms with Gasteiger partial charge in [0.1, 0.15) is 12.4 Å². The van der Waals surface area contributed by atoms with Crippen LogP contribution in [0.3, 0.4) is 0 Å². The minimum atomic E-state index is -0.584. The average Bonchev–Trinajstić information content (AvgIpc) is 2.83. The van der Waals surface area contributed by atoms with E-state index in [0.717, 1.165) is 11.1 Å². The van der Waals surface area contributed by atoms with Gasteiger partial charge in [0.05, 0.1) is 6.04 Å². The van der Waals surface area contributed by atoms with Crippen LogP contribution in [-0.4, -0.2) is 23.3 Å². The third-order valence-corrected chi connectivity index (χ3v) is 4.85. The van der Waals surface area contributed by atoms with Gasteiger partial charge in [-0.3, -0.25) is 9.59 Å². The maximum absolute atomic E-state index is 14.1. The van der Waals surface area contributed by atoms with Crippen LogP contribution in [0, 0.1) is 12.7 Å². The lowest BCUT2D eigenvalue weighted by Crippen LogP contribution is -2.39. The maximum atomic E-state index is 14.1. The van der Waals surface area contributed by atoms with Gasteiger partial charge in [0.15, 0.2) is 0 Å². The maximum Gasteiger partial charge on any atom is 0.255 e. The van der Waals surface area contributed by atoms with Gasteiger partial charge in [0.2, 0.25) is 5.91 Å². The summed E-state index contributed by atoms with van der Waals surface area (Å²) < 4.78 is 14.1. The lowest BCUT2D eigenvalue weighted by atomic mass is 9.95. The van der Waals surface area contributed by atoms with Gasteiger partial charge in [-0.15, -0.1) is 0 Å². The van der Waals surface area contributed by atoms with Gasteiger partial charge >= 0.3 is 0 Å². The van der Waals surface area contributed by atoms with E-state index in [1.54, 1.807) is 18.2 Å². The summed E-state index contributed by atoms with van der Waals surface area (Å²) in [4.78, 5) is 27.4. The van der Waals surface area contributed by atoms with Crippen molar-refractivity contribution in [2.75, 3.05) is 11.9 Å². The van der Waals surface area contributed by atoms with E-state index >= 15 is 0 Å². The van der Waals surface area contributed by atoms with Gasteiger partial charge in [0.25, 0.3) is 5.91 Å². The van der Waals surface area contributed by atoms with E-state index in [4.69, 9.17) is 0 Å². The normalized spacial score (nSPS) is 16.1. The third kappa shape index (κ3) is 3.39. The van der Waals surface area contributed by atoms with Crippen molar-refractivity contribution in [3.63, 3.8) is 0 Å². The van der Waals surface area contributed by atoms with Crippen molar-refractivity contribution < 1.29 is 14.0 Å². The molecule has 140 valence electrons. The molecule has 0 fully saturated rings. The number of carbonyl (C=O) groups excluding carboxylic acids is 2. The Balaban J connectivity index is 1.89. The topological polar surface area (TPSA) is 49.4 Å². The van der Waals surface area contributed by atoms with Gasteiger partial charge in [0, 0.05) is 16.8 Å². The summed E-state index contributed by atoms with van der Waals surface area (Å²) in [5.74, 6) is -1.00. The highest BCUT2D eigenvalue weighted by molar-refractivity contribution is 6.01. The van der Waals surface area contributed by atoms with E-state index in [1.165, 1.54) is 17.0 Å². The van der Waals surface area contributed by atoms with Gasteiger partial charge in [-0.05, 0) is 42.8 Å². The Bertz CT molecular complexity index is 1050. The number of halogens is 1. The Morgan fingerprint density at radius 1 is 1.04 bits per heavy atom. The predicted molar refractivity (Wildman–Crippen MR) is 106 cm³/mol. The second-order valence-electron chi connectivity index (χ2n) is 6.90. The molecule has 1 N–H and O–H groups in total. The largest absolute Gasteiger partial charge is 0.324 e. The molecule has 1 aliphatic rings. The molecule has 0 bridgehead atoms. The molecular weight excluding hydrogens is 355 g/mol. The number of hydrogen-bond donors (Lipinski definition) is 1. The number of rotatable bonds is 2. The number of nitrogens with one attached hydrogen (secondary N) is 1. The fraction of sp³-hybridized carbons (Fsp3) is 0.130. The van der Waals surface area contributed by atoms with Crippen molar-refractivity contribution in [1.82, 2.24) is 4.90 Å². The second kappa shape index (κ2) is 7.27. The Kier molecular flexibility index (Phi) is 4.65. The van der Waals surface area contributed by atoms with E-state index < -0.39 is 11.9 Å². The lowest BCUT2D eigenvalue weighted by molar-refractivity contribution is -0.117. The van der Waals surface area contributed by atoms with Crippen LogP contribution in [0.5, 0.6) is 0 Å². The second-order valence-corrected chi connectivity index (χ2v) is 6.90. The summed E-state index contributed by atoms with van der Waals surface area (Å²) in [6.07, 6.45) is 0. The molecule has 2 amide bonds. The molecule has 0 spiro atoms. The van der Waals surface area contributed by atoms with Gasteiger partial charge in [-0.1, -0.05) is 48.0 Å².